The molecule has 0 aliphatic carbocycles. The average molecular weight is 575 g/mol. The number of furan rings is 1. The van der Waals surface area contributed by atoms with Crippen LogP contribution in [0.25, 0.3) is 33.2 Å². The first-order chi connectivity index (χ1) is 20.4. The van der Waals surface area contributed by atoms with Crippen molar-refractivity contribution in [1.29, 1.82) is 0 Å². The van der Waals surface area contributed by atoms with E-state index in [2.05, 4.69) is 5.18 Å². The van der Waals surface area contributed by atoms with Gasteiger partial charge < -0.3 is 28.3 Å². The lowest BCUT2D eigenvalue weighted by atomic mass is 10.1. The Morgan fingerprint density at radius 3 is 2.45 bits per heavy atom. The van der Waals surface area contributed by atoms with E-state index >= 15 is 0 Å². The largest absolute Gasteiger partial charge is 0.497 e. The lowest BCUT2D eigenvalue weighted by Gasteiger charge is -2.09. The first-order valence-corrected chi connectivity index (χ1v) is 13.8. The van der Waals surface area contributed by atoms with E-state index in [1.807, 2.05) is 6.07 Å². The number of hydrogen-bond acceptors (Lipinski definition) is 8. The summed E-state index contributed by atoms with van der Waals surface area (Å²) >= 11 is 0. The lowest BCUT2D eigenvalue weighted by molar-refractivity contribution is 0.0528. The Balaban J connectivity index is 1.19. The van der Waals surface area contributed by atoms with Crippen LogP contribution in [0.1, 0.15) is 43.0 Å². The minimum absolute atomic E-state index is 0.0165. The van der Waals surface area contributed by atoms with Crippen molar-refractivity contribution in [2.24, 2.45) is 5.18 Å². The van der Waals surface area contributed by atoms with Crippen LogP contribution in [0.15, 0.2) is 70.3 Å². The fraction of sp³-hybridized carbons (Fsp3) is 0.281. The van der Waals surface area contributed by atoms with Gasteiger partial charge >= 0.3 is 5.97 Å². The van der Waals surface area contributed by atoms with Crippen molar-refractivity contribution in [2.45, 2.75) is 39.2 Å². The number of aromatic hydroxyl groups is 1. The summed E-state index contributed by atoms with van der Waals surface area (Å²) in [5.74, 6) is 0.442. The van der Waals surface area contributed by atoms with Gasteiger partial charge in [-0.25, -0.2) is 9.18 Å². The number of esters is 1. The predicted molar refractivity (Wildman–Crippen MR) is 157 cm³/mol. The maximum Gasteiger partial charge on any atom is 0.342 e. The fourth-order valence-corrected chi connectivity index (χ4v) is 5.04. The lowest BCUT2D eigenvalue weighted by Crippen LogP contribution is -2.05. The van der Waals surface area contributed by atoms with E-state index in [1.165, 1.54) is 19.2 Å². The summed E-state index contributed by atoms with van der Waals surface area (Å²) in [5.41, 5.74) is 2.08. The molecule has 0 saturated heterocycles. The molecule has 5 aromatic rings. The summed E-state index contributed by atoms with van der Waals surface area (Å²) in [7, 11) is 1.54. The normalized spacial score (nSPS) is 11.2. The summed E-state index contributed by atoms with van der Waals surface area (Å²) in [4.78, 5) is 24.2. The third-order valence-corrected chi connectivity index (χ3v) is 7.10. The number of benzene rings is 3. The number of rotatable bonds is 13. The monoisotopic (exact) mass is 574 g/mol. The molecule has 2 heterocycles. The molecule has 10 heteroatoms. The van der Waals surface area contributed by atoms with Crippen LogP contribution in [0, 0.1) is 10.7 Å². The highest BCUT2D eigenvalue weighted by atomic mass is 19.1. The number of aromatic nitrogens is 1. The number of fused-ring (bicyclic) bond motifs is 2. The van der Waals surface area contributed by atoms with Crippen molar-refractivity contribution in [3.05, 3.63) is 77.0 Å². The molecule has 0 fully saturated rings. The number of nitrogens with zero attached hydrogens (tertiary/aromatic N) is 2. The number of unbranched alkanes of at least 4 members (excludes halogenated alkanes) is 3. The Morgan fingerprint density at radius 1 is 0.976 bits per heavy atom. The topological polar surface area (TPSA) is 112 Å². The second-order valence-electron chi connectivity index (χ2n) is 9.75. The van der Waals surface area contributed by atoms with Crippen LogP contribution in [-0.4, -0.2) is 36.0 Å². The molecule has 1 N–H and O–H groups in total. The number of halogens is 1. The number of carbonyl (C=O) groups excluding carboxylic acids is 1. The van der Waals surface area contributed by atoms with Crippen molar-refractivity contribution < 1.29 is 32.9 Å². The third kappa shape index (κ3) is 5.79. The van der Waals surface area contributed by atoms with Gasteiger partial charge in [-0.1, -0.05) is 12.8 Å². The van der Waals surface area contributed by atoms with Crippen LogP contribution in [0.3, 0.4) is 0 Å². The van der Waals surface area contributed by atoms with Gasteiger partial charge in [-0.15, -0.1) is 4.91 Å². The summed E-state index contributed by atoms with van der Waals surface area (Å²) in [6.07, 6.45) is 3.37. The molecular formula is C32H31FN2O7. The summed E-state index contributed by atoms with van der Waals surface area (Å²) in [6.45, 7) is 2.94. The molecule has 2 aromatic heterocycles. The smallest absolute Gasteiger partial charge is 0.342 e. The molecule has 0 radical (unpaired) electrons. The highest BCUT2D eigenvalue weighted by molar-refractivity contribution is 6.09. The van der Waals surface area contributed by atoms with Gasteiger partial charge in [-0.05, 0) is 85.6 Å². The van der Waals surface area contributed by atoms with Gasteiger partial charge in [0.25, 0.3) is 0 Å². The first kappa shape index (κ1) is 28.7. The van der Waals surface area contributed by atoms with Gasteiger partial charge in [-0.3, -0.25) is 0 Å². The second-order valence-corrected chi connectivity index (χ2v) is 9.75. The van der Waals surface area contributed by atoms with Crippen LogP contribution in [-0.2, 0) is 11.3 Å². The van der Waals surface area contributed by atoms with Crippen LogP contribution in [0.2, 0.25) is 0 Å². The molecule has 0 unspecified atom stereocenters. The van der Waals surface area contributed by atoms with Crippen LogP contribution in [0.5, 0.6) is 17.4 Å². The third-order valence-electron chi connectivity index (χ3n) is 7.10. The average Bonchev–Trinajstić information content (AvgIpc) is 3.50. The Kier molecular flexibility index (Phi) is 8.71. The zero-order valence-electron chi connectivity index (χ0n) is 23.4. The van der Waals surface area contributed by atoms with Gasteiger partial charge in [0.05, 0.1) is 25.8 Å². The Labute approximate surface area is 241 Å². The second kappa shape index (κ2) is 12.8. The first-order valence-electron chi connectivity index (χ1n) is 13.8. The maximum absolute atomic E-state index is 13.5. The van der Waals surface area contributed by atoms with Gasteiger partial charge in [0.15, 0.2) is 5.69 Å². The van der Waals surface area contributed by atoms with Crippen molar-refractivity contribution in [3.8, 4) is 28.7 Å². The molecule has 9 nitrogen and oxygen atoms in total. The summed E-state index contributed by atoms with van der Waals surface area (Å²) in [6, 6.07) is 16.3. The molecule has 42 heavy (non-hydrogen) atoms. The SMILES string of the molecule is CCOC(=O)c1c(-c2ccc(F)cc2)oc2ccc(OCCCCCCn3c(O)c(N=O)c4cc(OC)ccc43)cc12. The zero-order chi connectivity index (χ0) is 29.6. The molecule has 0 atom stereocenters. The van der Waals surface area contributed by atoms with E-state index in [9.17, 15) is 19.2 Å². The molecule has 3 aromatic carbocycles. The van der Waals surface area contributed by atoms with E-state index in [0.29, 0.717) is 52.3 Å². The molecule has 0 aliphatic rings. The van der Waals surface area contributed by atoms with E-state index in [1.54, 1.807) is 54.0 Å². The number of carbonyl (C=O) groups is 1. The Bertz CT molecular complexity index is 1720. The molecule has 0 spiro atoms. The van der Waals surface area contributed by atoms with Crippen LogP contribution < -0.4 is 9.47 Å². The fourth-order valence-electron chi connectivity index (χ4n) is 5.04. The van der Waals surface area contributed by atoms with Crippen molar-refractivity contribution in [2.75, 3.05) is 20.3 Å². The van der Waals surface area contributed by atoms with E-state index in [-0.39, 0.29) is 29.6 Å². The quantitative estimate of drug-likeness (QED) is 0.0858. The number of methoxy groups -OCH3 is 1. The molecule has 0 aliphatic heterocycles. The molecule has 0 amide bonds. The molecule has 0 saturated carbocycles. The van der Waals surface area contributed by atoms with Gasteiger partial charge in [0, 0.05) is 22.9 Å². The van der Waals surface area contributed by atoms with E-state index < -0.39 is 5.97 Å². The number of hydrogen-bond donors (Lipinski definition) is 1. The van der Waals surface area contributed by atoms with Gasteiger partial charge in [-0.2, -0.15) is 0 Å². The predicted octanol–water partition coefficient (Wildman–Crippen LogP) is 8.12. The molecular weight excluding hydrogens is 543 g/mol. The molecule has 5 rings (SSSR count). The number of nitroso groups, excluding NO2 is 1. The molecule has 0 bridgehead atoms. The zero-order valence-corrected chi connectivity index (χ0v) is 23.4. The van der Waals surface area contributed by atoms with Crippen LogP contribution in [0.4, 0.5) is 10.1 Å². The summed E-state index contributed by atoms with van der Waals surface area (Å²) in [5, 5.41) is 14.7. The van der Waals surface area contributed by atoms with Crippen molar-refractivity contribution in [3.63, 3.8) is 0 Å². The van der Waals surface area contributed by atoms with E-state index in [4.69, 9.17) is 18.6 Å². The minimum Gasteiger partial charge on any atom is -0.497 e. The van der Waals surface area contributed by atoms with Crippen molar-refractivity contribution in [1.82, 2.24) is 4.57 Å². The highest BCUT2D eigenvalue weighted by Gasteiger charge is 2.24. The van der Waals surface area contributed by atoms with Crippen molar-refractivity contribution >= 4 is 33.5 Å². The Morgan fingerprint density at radius 2 is 1.71 bits per heavy atom. The van der Waals surface area contributed by atoms with E-state index in [0.717, 1.165) is 31.2 Å². The number of aryl methyl sites for hydroxylation is 1. The van der Waals surface area contributed by atoms with Gasteiger partial charge in [0.2, 0.25) is 5.88 Å². The standard InChI is InChI=1S/C32H31FN2O7/c1-3-40-32(37)28-25-19-23(13-15-27(25)42-30(28)20-8-10-21(33)11-9-20)41-17-7-5-4-6-16-35-26-14-12-22(39-2)18-24(26)29(34-38)31(35)36/h8-15,18-19,36H,3-7,16-17H2,1-2H3. The van der Waals surface area contributed by atoms with Crippen LogP contribution >= 0.6 is 0 Å². The minimum atomic E-state index is -0.524. The van der Waals surface area contributed by atoms with Gasteiger partial charge in [0.1, 0.15) is 34.2 Å². The number of ether oxygens (including phenoxy) is 3. The summed E-state index contributed by atoms with van der Waals surface area (Å²) < 4.78 is 37.6. The highest BCUT2D eigenvalue weighted by Crippen LogP contribution is 2.40. The Hall–Kier alpha value is -4.86. The molecule has 218 valence electrons. The maximum atomic E-state index is 13.5.